The fourth-order valence-electron chi connectivity index (χ4n) is 7.12. The third-order valence-corrected chi connectivity index (χ3v) is 10.3. The first-order valence-corrected chi connectivity index (χ1v) is 15.5. The number of carbonyl (C=O) groups is 3. The Balaban J connectivity index is 1.38. The lowest BCUT2D eigenvalue weighted by Gasteiger charge is -2.35. The van der Waals surface area contributed by atoms with Crippen molar-refractivity contribution in [3.05, 3.63) is 57.4 Å². The number of halogens is 2. The Hall–Kier alpha value is -3.04. The van der Waals surface area contributed by atoms with Crippen molar-refractivity contribution in [3.8, 4) is 0 Å². The Labute approximate surface area is 250 Å². The van der Waals surface area contributed by atoms with Gasteiger partial charge in [-0.15, -0.1) is 0 Å². The summed E-state index contributed by atoms with van der Waals surface area (Å²) < 4.78 is 17.1. The molecule has 2 aromatic rings. The maximum atomic E-state index is 15.8. The number of aromatic nitrogens is 2. The number of fused-ring (bicyclic) bond motifs is 1. The number of benzene rings is 1. The number of carbonyl (C=O) groups excluding carboxylic acids is 2. The van der Waals surface area contributed by atoms with Gasteiger partial charge in [0.05, 0.1) is 27.9 Å². The van der Waals surface area contributed by atoms with Crippen LogP contribution < -0.4 is 0 Å². The van der Waals surface area contributed by atoms with Crippen molar-refractivity contribution in [2.45, 2.75) is 75.9 Å². The molecule has 1 aliphatic heterocycles. The van der Waals surface area contributed by atoms with Crippen LogP contribution in [0, 0.1) is 11.8 Å². The highest BCUT2D eigenvalue weighted by Gasteiger charge is 2.43. The number of allylic oxidation sites excluding steroid dienone is 2. The summed E-state index contributed by atoms with van der Waals surface area (Å²) in [6, 6.07) is 5.26. The van der Waals surface area contributed by atoms with Crippen molar-refractivity contribution in [1.29, 1.82) is 0 Å². The largest absolute Gasteiger partial charge is 0.481 e. The molecule has 1 saturated carbocycles. The average Bonchev–Trinajstić information content (AvgIpc) is 3.61. The Bertz CT molecular complexity index is 1460. The molecule has 3 aliphatic carbocycles. The van der Waals surface area contributed by atoms with E-state index >= 15 is 4.39 Å². The highest BCUT2D eigenvalue weighted by Crippen LogP contribution is 2.47. The molecule has 1 unspecified atom stereocenters. The molecule has 4 aliphatic rings. The lowest BCUT2D eigenvalue weighted by molar-refractivity contribution is -0.142. The van der Waals surface area contributed by atoms with E-state index in [9.17, 15) is 19.5 Å². The standard InChI is InChI=1S/C32H38ClFN4O4/c1-36(2)22-13-16-37(18-22)29(39)21-11-12-23-26(17-21)38(35-28(23)19-7-9-20(10-8-19)31(41)42)30(40)27-24(5-3-6-25(27)33)32(34)14-4-15-32/h3,5-7,20-22H,4,8-18H2,1-2H3,(H,41,42)/t20?,21-,22-/m1/s1. The Morgan fingerprint density at radius 3 is 2.50 bits per heavy atom. The summed E-state index contributed by atoms with van der Waals surface area (Å²) in [5.41, 5.74) is 2.05. The van der Waals surface area contributed by atoms with Crippen LogP contribution in [0.2, 0.25) is 5.02 Å². The molecule has 1 N–H and O–H groups in total. The monoisotopic (exact) mass is 596 g/mol. The lowest BCUT2D eigenvalue weighted by atomic mass is 9.75. The minimum absolute atomic E-state index is 0.101. The Kier molecular flexibility index (Phi) is 7.77. The number of likely N-dealkylation sites (N-methyl/N-ethyl adjacent to an activating group) is 1. The van der Waals surface area contributed by atoms with Crippen LogP contribution in [0.1, 0.15) is 84.2 Å². The number of likely N-dealkylation sites (tertiary alicyclic amines) is 1. The maximum absolute atomic E-state index is 15.8. The second-order valence-electron chi connectivity index (χ2n) is 12.6. The molecule has 8 nitrogen and oxygen atoms in total. The molecule has 224 valence electrons. The van der Waals surface area contributed by atoms with Gasteiger partial charge in [-0.2, -0.15) is 9.78 Å². The zero-order valence-corrected chi connectivity index (χ0v) is 25.0. The van der Waals surface area contributed by atoms with E-state index in [0.717, 1.165) is 24.0 Å². The first-order chi connectivity index (χ1) is 20.1. The third kappa shape index (κ3) is 5.08. The molecule has 0 spiro atoms. The summed E-state index contributed by atoms with van der Waals surface area (Å²) in [4.78, 5) is 43.6. The van der Waals surface area contributed by atoms with Gasteiger partial charge in [0.25, 0.3) is 5.91 Å². The van der Waals surface area contributed by atoms with Gasteiger partial charge in [-0.1, -0.05) is 29.8 Å². The van der Waals surface area contributed by atoms with Crippen LogP contribution in [0.5, 0.6) is 0 Å². The molecule has 0 radical (unpaired) electrons. The number of nitrogens with zero attached hydrogens (tertiary/aromatic N) is 4. The maximum Gasteiger partial charge on any atom is 0.306 e. The third-order valence-electron chi connectivity index (χ3n) is 9.94. The fourth-order valence-corrected chi connectivity index (χ4v) is 7.38. The molecule has 1 aromatic heterocycles. The Morgan fingerprint density at radius 1 is 1.12 bits per heavy atom. The van der Waals surface area contributed by atoms with Gasteiger partial charge in [0.2, 0.25) is 5.91 Å². The van der Waals surface area contributed by atoms with E-state index in [-0.39, 0.29) is 22.4 Å². The summed E-state index contributed by atoms with van der Waals surface area (Å²) in [5, 5.41) is 14.5. The van der Waals surface area contributed by atoms with Crippen LogP contribution in [-0.4, -0.2) is 75.7 Å². The van der Waals surface area contributed by atoms with Crippen LogP contribution in [0.15, 0.2) is 24.3 Å². The van der Waals surface area contributed by atoms with Crippen LogP contribution in [0.4, 0.5) is 4.39 Å². The molecule has 10 heteroatoms. The van der Waals surface area contributed by atoms with Crippen molar-refractivity contribution in [2.75, 3.05) is 27.2 Å². The van der Waals surface area contributed by atoms with Crippen molar-refractivity contribution in [3.63, 3.8) is 0 Å². The van der Waals surface area contributed by atoms with Crippen molar-refractivity contribution in [1.82, 2.24) is 19.6 Å². The van der Waals surface area contributed by atoms with Crippen molar-refractivity contribution in [2.24, 2.45) is 11.8 Å². The quantitative estimate of drug-likeness (QED) is 0.498. The zero-order chi connectivity index (χ0) is 29.8. The van der Waals surface area contributed by atoms with Gasteiger partial charge in [0.15, 0.2) is 0 Å². The number of aliphatic carboxylic acids is 1. The molecule has 1 amide bonds. The number of carboxylic acid groups (broad SMARTS) is 1. The van der Waals surface area contributed by atoms with Crippen LogP contribution in [0.3, 0.4) is 0 Å². The molecule has 42 heavy (non-hydrogen) atoms. The van der Waals surface area contributed by atoms with E-state index < -0.39 is 23.5 Å². The van der Waals surface area contributed by atoms with E-state index in [1.807, 2.05) is 25.1 Å². The van der Waals surface area contributed by atoms with E-state index in [2.05, 4.69) is 4.90 Å². The summed E-state index contributed by atoms with van der Waals surface area (Å²) in [5.74, 6) is -1.91. The first kappa shape index (κ1) is 29.1. The molecule has 0 bridgehead atoms. The molecular formula is C32H38ClFN4O4. The molecule has 2 heterocycles. The van der Waals surface area contributed by atoms with Gasteiger partial charge in [-0.25, -0.2) is 4.39 Å². The highest BCUT2D eigenvalue weighted by atomic mass is 35.5. The van der Waals surface area contributed by atoms with E-state index in [1.165, 1.54) is 4.68 Å². The SMILES string of the molecule is CN(C)[C@@H]1CCN(C(=O)[C@@H]2CCc3c(C4=CCC(C(=O)O)CC4)nn(C(=O)c4c(Cl)cccc4C4(F)CCC4)c3C2)C1. The molecule has 2 fully saturated rings. The molecule has 3 atom stereocenters. The fraction of sp³-hybridized carbons (Fsp3) is 0.562. The zero-order valence-electron chi connectivity index (χ0n) is 24.2. The van der Waals surface area contributed by atoms with E-state index in [0.29, 0.717) is 87.4 Å². The lowest BCUT2D eigenvalue weighted by Crippen LogP contribution is -2.40. The number of alkyl halides is 1. The minimum atomic E-state index is -1.60. The van der Waals surface area contributed by atoms with Gasteiger partial charge in [0, 0.05) is 42.6 Å². The number of amides is 1. The van der Waals surface area contributed by atoms with Crippen LogP contribution in [0.25, 0.3) is 5.57 Å². The van der Waals surface area contributed by atoms with Gasteiger partial charge in [-0.3, -0.25) is 14.4 Å². The second kappa shape index (κ2) is 11.2. The summed E-state index contributed by atoms with van der Waals surface area (Å²) in [6.07, 6.45) is 7.34. The predicted octanol–water partition coefficient (Wildman–Crippen LogP) is 5.11. The number of hydrogen-bond acceptors (Lipinski definition) is 5. The average molecular weight is 597 g/mol. The van der Waals surface area contributed by atoms with Gasteiger partial charge in [0.1, 0.15) is 5.67 Å². The number of carboxylic acids is 1. The topological polar surface area (TPSA) is 95.7 Å². The van der Waals surface area contributed by atoms with Gasteiger partial charge < -0.3 is 14.9 Å². The van der Waals surface area contributed by atoms with Gasteiger partial charge in [-0.05, 0) is 83.5 Å². The van der Waals surface area contributed by atoms with Crippen molar-refractivity contribution < 1.29 is 23.9 Å². The number of hydrogen-bond donors (Lipinski definition) is 1. The normalized spacial score (nSPS) is 25.1. The van der Waals surface area contributed by atoms with Crippen molar-refractivity contribution >= 4 is 35.0 Å². The molecule has 6 rings (SSSR count). The first-order valence-electron chi connectivity index (χ1n) is 15.1. The summed E-state index contributed by atoms with van der Waals surface area (Å²) in [7, 11) is 4.06. The highest BCUT2D eigenvalue weighted by molar-refractivity contribution is 6.34. The predicted molar refractivity (Wildman–Crippen MR) is 157 cm³/mol. The molecule has 1 aromatic carbocycles. The number of rotatable bonds is 6. The molecule has 1 saturated heterocycles. The molecular weight excluding hydrogens is 559 g/mol. The van der Waals surface area contributed by atoms with E-state index in [4.69, 9.17) is 16.7 Å². The van der Waals surface area contributed by atoms with Gasteiger partial charge >= 0.3 is 5.97 Å². The van der Waals surface area contributed by atoms with E-state index in [1.54, 1.807) is 18.2 Å². The Morgan fingerprint density at radius 2 is 1.88 bits per heavy atom. The smallest absolute Gasteiger partial charge is 0.306 e. The van der Waals surface area contributed by atoms with Crippen LogP contribution >= 0.6 is 11.6 Å². The summed E-state index contributed by atoms with van der Waals surface area (Å²) in [6.45, 7) is 1.41. The minimum Gasteiger partial charge on any atom is -0.481 e. The second-order valence-corrected chi connectivity index (χ2v) is 13.0. The summed E-state index contributed by atoms with van der Waals surface area (Å²) >= 11 is 6.59. The van der Waals surface area contributed by atoms with Crippen LogP contribution in [-0.2, 0) is 28.1 Å².